The van der Waals surface area contributed by atoms with Crippen molar-refractivity contribution < 1.29 is 4.74 Å². The van der Waals surface area contributed by atoms with Gasteiger partial charge < -0.3 is 15.0 Å². The summed E-state index contributed by atoms with van der Waals surface area (Å²) in [4.78, 5) is 2.34. The Kier molecular flexibility index (Phi) is 4.70. The molecule has 1 aliphatic heterocycles. The summed E-state index contributed by atoms with van der Waals surface area (Å²) < 4.78 is 5.02. The van der Waals surface area contributed by atoms with Gasteiger partial charge in [-0.2, -0.15) is 5.10 Å². The second kappa shape index (κ2) is 6.51. The van der Waals surface area contributed by atoms with Crippen molar-refractivity contribution in [3.63, 3.8) is 0 Å². The molecule has 0 bridgehead atoms. The highest BCUT2D eigenvalue weighted by molar-refractivity contribution is 5.39. The second-order valence-electron chi connectivity index (χ2n) is 4.27. The van der Waals surface area contributed by atoms with E-state index >= 15 is 0 Å². The largest absolute Gasteiger partial charge is 0.383 e. The van der Waals surface area contributed by atoms with E-state index in [4.69, 9.17) is 4.74 Å². The lowest BCUT2D eigenvalue weighted by atomic mass is 10.2. The minimum atomic E-state index is 0.531. The molecule has 1 atom stereocenters. The number of anilines is 1. The van der Waals surface area contributed by atoms with Crippen molar-refractivity contribution >= 4 is 5.82 Å². The Labute approximate surface area is 102 Å². The van der Waals surface area contributed by atoms with Gasteiger partial charge in [-0.3, -0.25) is 0 Å². The molecule has 1 unspecified atom stereocenters. The van der Waals surface area contributed by atoms with Crippen molar-refractivity contribution in [1.82, 2.24) is 15.5 Å². The molecule has 5 nitrogen and oxygen atoms in total. The van der Waals surface area contributed by atoms with Gasteiger partial charge in [0.05, 0.1) is 6.61 Å². The van der Waals surface area contributed by atoms with Crippen molar-refractivity contribution in [3.05, 3.63) is 18.3 Å². The van der Waals surface area contributed by atoms with Gasteiger partial charge in [-0.25, -0.2) is 0 Å². The van der Waals surface area contributed by atoms with Gasteiger partial charge in [0.25, 0.3) is 0 Å². The molecule has 1 saturated heterocycles. The fraction of sp³-hybridized carbons (Fsp3) is 0.667. The summed E-state index contributed by atoms with van der Waals surface area (Å²) in [6.07, 6.45) is 4.16. The highest BCUT2D eigenvalue weighted by atomic mass is 16.5. The lowest BCUT2D eigenvalue weighted by molar-refractivity contribution is 0.199. The number of methoxy groups -OCH3 is 1. The molecule has 0 amide bonds. The van der Waals surface area contributed by atoms with Gasteiger partial charge in [-0.05, 0) is 25.0 Å². The molecule has 0 aliphatic carbocycles. The van der Waals surface area contributed by atoms with E-state index in [1.54, 1.807) is 13.3 Å². The van der Waals surface area contributed by atoms with E-state index in [1.165, 1.54) is 12.8 Å². The van der Waals surface area contributed by atoms with Crippen LogP contribution >= 0.6 is 0 Å². The summed E-state index contributed by atoms with van der Waals surface area (Å²) >= 11 is 0. The van der Waals surface area contributed by atoms with Crippen LogP contribution in [0.2, 0.25) is 0 Å². The third-order valence-electron chi connectivity index (χ3n) is 3.09. The van der Waals surface area contributed by atoms with Crippen LogP contribution in [-0.4, -0.2) is 49.6 Å². The third-order valence-corrected chi connectivity index (χ3v) is 3.09. The molecule has 5 heteroatoms. The summed E-state index contributed by atoms with van der Waals surface area (Å²) in [5, 5.41) is 11.5. The predicted octanol–water partition coefficient (Wildman–Crippen LogP) is 0.681. The Morgan fingerprint density at radius 2 is 2.53 bits per heavy atom. The summed E-state index contributed by atoms with van der Waals surface area (Å²) in [5.41, 5.74) is 0. The first kappa shape index (κ1) is 12.3. The first-order valence-corrected chi connectivity index (χ1v) is 6.16. The third kappa shape index (κ3) is 3.38. The Balaban J connectivity index is 1.85. The summed E-state index contributed by atoms with van der Waals surface area (Å²) in [5.74, 6) is 0.989. The minimum Gasteiger partial charge on any atom is -0.383 e. The van der Waals surface area contributed by atoms with Crippen LogP contribution in [0.1, 0.15) is 12.8 Å². The number of rotatable bonds is 6. The Bertz CT molecular complexity index is 320. The van der Waals surface area contributed by atoms with Crippen LogP contribution in [0, 0.1) is 0 Å². The maximum Gasteiger partial charge on any atom is 0.151 e. The molecule has 1 fully saturated rings. The molecule has 0 aromatic carbocycles. The fourth-order valence-corrected chi connectivity index (χ4v) is 2.24. The zero-order chi connectivity index (χ0) is 11.9. The van der Waals surface area contributed by atoms with Crippen LogP contribution in [-0.2, 0) is 4.74 Å². The molecule has 1 aromatic rings. The smallest absolute Gasteiger partial charge is 0.151 e. The van der Waals surface area contributed by atoms with Gasteiger partial charge in [0.1, 0.15) is 0 Å². The predicted molar refractivity (Wildman–Crippen MR) is 67.1 cm³/mol. The zero-order valence-electron chi connectivity index (χ0n) is 10.3. The second-order valence-corrected chi connectivity index (χ2v) is 4.27. The number of ether oxygens (including phenoxy) is 1. The lowest BCUT2D eigenvalue weighted by Gasteiger charge is -2.25. The van der Waals surface area contributed by atoms with E-state index in [0.717, 1.165) is 32.1 Å². The zero-order valence-corrected chi connectivity index (χ0v) is 10.3. The first-order chi connectivity index (χ1) is 8.42. The van der Waals surface area contributed by atoms with Gasteiger partial charge in [0.15, 0.2) is 5.82 Å². The highest BCUT2D eigenvalue weighted by Gasteiger charge is 2.25. The molecular weight excluding hydrogens is 216 g/mol. The number of nitrogens with one attached hydrogen (secondary N) is 1. The average Bonchev–Trinajstić information content (AvgIpc) is 2.84. The SMILES string of the molecule is COCCNCC1CCCN1c1cccnn1. The van der Waals surface area contributed by atoms with E-state index in [1.807, 2.05) is 12.1 Å². The van der Waals surface area contributed by atoms with Crippen LogP contribution in [0.4, 0.5) is 5.82 Å². The van der Waals surface area contributed by atoms with E-state index in [2.05, 4.69) is 20.4 Å². The molecule has 2 rings (SSSR count). The van der Waals surface area contributed by atoms with Crippen LogP contribution in [0.25, 0.3) is 0 Å². The molecule has 2 heterocycles. The Morgan fingerprint density at radius 1 is 1.59 bits per heavy atom. The summed E-state index contributed by atoms with van der Waals surface area (Å²) in [6.45, 7) is 3.73. The number of aromatic nitrogens is 2. The standard InChI is InChI=1S/C12H20N4O/c1-17-9-7-13-10-11-4-3-8-16(11)12-5-2-6-14-15-12/h2,5-6,11,13H,3-4,7-10H2,1H3. The van der Waals surface area contributed by atoms with Crippen molar-refractivity contribution in [1.29, 1.82) is 0 Å². The van der Waals surface area contributed by atoms with Crippen LogP contribution in [0.15, 0.2) is 18.3 Å². The molecule has 94 valence electrons. The van der Waals surface area contributed by atoms with Crippen molar-refractivity contribution in [2.24, 2.45) is 0 Å². The molecule has 0 saturated carbocycles. The maximum absolute atomic E-state index is 5.02. The molecular formula is C12H20N4O. The average molecular weight is 236 g/mol. The molecule has 1 aromatic heterocycles. The van der Waals surface area contributed by atoms with Crippen molar-refractivity contribution in [3.8, 4) is 0 Å². The van der Waals surface area contributed by atoms with Crippen LogP contribution in [0.3, 0.4) is 0 Å². The summed E-state index contributed by atoms with van der Waals surface area (Å²) in [6, 6.07) is 4.50. The Morgan fingerprint density at radius 3 is 3.29 bits per heavy atom. The summed E-state index contributed by atoms with van der Waals surface area (Å²) in [7, 11) is 1.73. The van der Waals surface area contributed by atoms with Crippen LogP contribution < -0.4 is 10.2 Å². The maximum atomic E-state index is 5.02. The minimum absolute atomic E-state index is 0.531. The molecule has 0 spiro atoms. The number of hydrogen-bond donors (Lipinski definition) is 1. The monoisotopic (exact) mass is 236 g/mol. The number of hydrogen-bond acceptors (Lipinski definition) is 5. The fourth-order valence-electron chi connectivity index (χ4n) is 2.24. The molecule has 0 radical (unpaired) electrons. The van der Waals surface area contributed by atoms with E-state index < -0.39 is 0 Å². The lowest BCUT2D eigenvalue weighted by Crippen LogP contribution is -2.39. The van der Waals surface area contributed by atoms with Gasteiger partial charge in [-0.1, -0.05) is 0 Å². The van der Waals surface area contributed by atoms with Crippen molar-refractivity contribution in [2.75, 3.05) is 38.3 Å². The van der Waals surface area contributed by atoms with E-state index in [9.17, 15) is 0 Å². The van der Waals surface area contributed by atoms with Gasteiger partial charge in [0.2, 0.25) is 0 Å². The first-order valence-electron chi connectivity index (χ1n) is 6.16. The van der Waals surface area contributed by atoms with Crippen molar-refractivity contribution in [2.45, 2.75) is 18.9 Å². The van der Waals surface area contributed by atoms with Crippen LogP contribution in [0.5, 0.6) is 0 Å². The quantitative estimate of drug-likeness (QED) is 0.736. The van der Waals surface area contributed by atoms with Gasteiger partial charge >= 0.3 is 0 Å². The van der Waals surface area contributed by atoms with Gasteiger partial charge in [0, 0.05) is 39.0 Å². The molecule has 1 N–H and O–H groups in total. The van der Waals surface area contributed by atoms with E-state index in [0.29, 0.717) is 6.04 Å². The normalized spacial score (nSPS) is 19.8. The molecule has 17 heavy (non-hydrogen) atoms. The highest BCUT2D eigenvalue weighted by Crippen LogP contribution is 2.22. The Hall–Kier alpha value is -1.20. The topological polar surface area (TPSA) is 50.3 Å². The van der Waals surface area contributed by atoms with Gasteiger partial charge in [-0.15, -0.1) is 5.10 Å². The number of nitrogens with zero attached hydrogens (tertiary/aromatic N) is 3. The molecule has 1 aliphatic rings. The van der Waals surface area contributed by atoms with E-state index in [-0.39, 0.29) is 0 Å².